The van der Waals surface area contributed by atoms with Gasteiger partial charge in [0.2, 0.25) is 0 Å². The minimum absolute atomic E-state index is 0.0162. The molecule has 0 aliphatic carbocycles. The van der Waals surface area contributed by atoms with Crippen molar-refractivity contribution in [3.8, 4) is 0 Å². The Labute approximate surface area is 63.2 Å². The number of hydrogen-bond donors (Lipinski definition) is 1. The van der Waals surface area contributed by atoms with E-state index in [0.29, 0.717) is 0 Å². The normalized spacial score (nSPS) is 22.2. The lowest BCUT2D eigenvalue weighted by Crippen LogP contribution is -2.41. The van der Waals surface area contributed by atoms with E-state index >= 15 is 0 Å². The maximum atomic E-state index is 12.2. The van der Waals surface area contributed by atoms with E-state index < -0.39 is 18.8 Å². The highest BCUT2D eigenvalue weighted by Crippen LogP contribution is 2.22. The van der Waals surface area contributed by atoms with Crippen LogP contribution in [0.15, 0.2) is 4.99 Å². The topological polar surface area (TPSA) is 47.6 Å². The highest BCUT2D eigenvalue weighted by Gasteiger charge is 2.34. The molecule has 2 N–H and O–H groups in total. The molecule has 0 aromatic carbocycles. The van der Waals surface area contributed by atoms with Crippen molar-refractivity contribution in [3.05, 3.63) is 0 Å². The van der Waals surface area contributed by atoms with Crippen LogP contribution in [-0.4, -0.2) is 32.5 Å². The lowest BCUT2D eigenvalue weighted by atomic mass is 9.92. The van der Waals surface area contributed by atoms with Crippen LogP contribution in [0.3, 0.4) is 0 Å². The van der Waals surface area contributed by atoms with Crippen LogP contribution in [0.2, 0.25) is 0 Å². The van der Waals surface area contributed by atoms with Gasteiger partial charge in [0, 0.05) is 0 Å². The molecular formula is C6H10F2N2O. The molecule has 5 heteroatoms. The lowest BCUT2D eigenvalue weighted by molar-refractivity contribution is 0.0660. The van der Waals surface area contributed by atoms with Crippen LogP contribution in [0.5, 0.6) is 0 Å². The fraction of sp³-hybridized carbons (Fsp3) is 0.833. The van der Waals surface area contributed by atoms with Crippen LogP contribution in [0.1, 0.15) is 0 Å². The van der Waals surface area contributed by atoms with Crippen molar-refractivity contribution >= 4 is 6.02 Å². The van der Waals surface area contributed by atoms with Crippen LogP contribution < -0.4 is 5.73 Å². The molecular weight excluding hydrogens is 154 g/mol. The molecule has 0 saturated heterocycles. The highest BCUT2D eigenvalue weighted by molar-refractivity contribution is 5.71. The molecule has 64 valence electrons. The first-order valence-electron chi connectivity index (χ1n) is 3.27. The second-order valence-corrected chi connectivity index (χ2v) is 2.71. The number of hydrogen-bond acceptors (Lipinski definition) is 3. The van der Waals surface area contributed by atoms with E-state index in [4.69, 9.17) is 10.5 Å². The highest BCUT2D eigenvalue weighted by atomic mass is 19.1. The number of aliphatic imine (C=N–C) groups is 1. The average molecular weight is 164 g/mol. The first kappa shape index (κ1) is 8.23. The van der Waals surface area contributed by atoms with E-state index in [1.807, 2.05) is 0 Å². The molecule has 11 heavy (non-hydrogen) atoms. The Morgan fingerprint density at radius 2 is 2.18 bits per heavy atom. The molecule has 0 aromatic rings. The standard InChI is InChI=1S/C6H10F2N2O/c7-1-6(2-8)3-10-5(9)11-4-6/h1-4H2,(H2,9,10). The van der Waals surface area contributed by atoms with Crippen LogP contribution in [0.25, 0.3) is 0 Å². The van der Waals surface area contributed by atoms with Crippen molar-refractivity contribution in [3.63, 3.8) is 0 Å². The van der Waals surface area contributed by atoms with Gasteiger partial charge in [-0.3, -0.25) is 8.78 Å². The molecule has 0 aromatic heterocycles. The van der Waals surface area contributed by atoms with Gasteiger partial charge in [0.25, 0.3) is 6.02 Å². The zero-order valence-electron chi connectivity index (χ0n) is 6.02. The average Bonchev–Trinajstić information content (AvgIpc) is 2.07. The van der Waals surface area contributed by atoms with E-state index in [2.05, 4.69) is 4.99 Å². The van der Waals surface area contributed by atoms with Crippen molar-refractivity contribution in [2.75, 3.05) is 26.5 Å². The molecule has 1 heterocycles. The van der Waals surface area contributed by atoms with E-state index in [1.165, 1.54) is 0 Å². The molecule has 1 aliphatic rings. The summed E-state index contributed by atoms with van der Waals surface area (Å²) in [5.74, 6) is 0. The third-order valence-electron chi connectivity index (χ3n) is 1.66. The summed E-state index contributed by atoms with van der Waals surface area (Å²) in [6.07, 6.45) is 0. The second kappa shape index (κ2) is 3.02. The summed E-state index contributed by atoms with van der Waals surface area (Å²) in [5.41, 5.74) is 4.07. The molecule has 0 spiro atoms. The summed E-state index contributed by atoms with van der Waals surface area (Å²) in [6, 6.07) is 0.0162. The van der Waals surface area contributed by atoms with Gasteiger partial charge < -0.3 is 10.5 Å². The Morgan fingerprint density at radius 3 is 2.55 bits per heavy atom. The number of alkyl halides is 2. The molecule has 0 fully saturated rings. The molecule has 0 saturated carbocycles. The summed E-state index contributed by atoms with van der Waals surface area (Å²) in [5, 5.41) is 0. The zero-order valence-corrected chi connectivity index (χ0v) is 6.02. The van der Waals surface area contributed by atoms with Crippen molar-refractivity contribution in [1.82, 2.24) is 0 Å². The number of halogens is 2. The smallest absolute Gasteiger partial charge is 0.281 e. The van der Waals surface area contributed by atoms with Gasteiger partial charge in [-0.25, -0.2) is 4.99 Å². The Morgan fingerprint density at radius 1 is 1.55 bits per heavy atom. The number of amidine groups is 1. The van der Waals surface area contributed by atoms with Gasteiger partial charge >= 0.3 is 0 Å². The van der Waals surface area contributed by atoms with Crippen molar-refractivity contribution in [2.24, 2.45) is 16.1 Å². The maximum absolute atomic E-state index is 12.2. The number of nitrogens with zero attached hydrogens (tertiary/aromatic N) is 1. The van der Waals surface area contributed by atoms with Gasteiger partial charge in [-0.1, -0.05) is 0 Å². The van der Waals surface area contributed by atoms with E-state index in [9.17, 15) is 8.78 Å². The molecule has 1 aliphatic heterocycles. The predicted molar refractivity (Wildman–Crippen MR) is 36.8 cm³/mol. The Kier molecular flexibility index (Phi) is 2.26. The molecule has 0 amide bonds. The summed E-state index contributed by atoms with van der Waals surface area (Å²) in [4.78, 5) is 3.62. The maximum Gasteiger partial charge on any atom is 0.281 e. The molecule has 0 unspecified atom stereocenters. The van der Waals surface area contributed by atoms with Crippen LogP contribution in [-0.2, 0) is 4.74 Å². The van der Waals surface area contributed by atoms with E-state index in [-0.39, 0.29) is 19.2 Å². The van der Waals surface area contributed by atoms with E-state index in [0.717, 1.165) is 0 Å². The third kappa shape index (κ3) is 1.58. The predicted octanol–water partition coefficient (Wildman–Crippen LogP) is 0.257. The van der Waals surface area contributed by atoms with Gasteiger partial charge in [0.1, 0.15) is 20.0 Å². The fourth-order valence-corrected chi connectivity index (χ4v) is 0.761. The van der Waals surface area contributed by atoms with E-state index in [1.54, 1.807) is 0 Å². The van der Waals surface area contributed by atoms with Crippen LogP contribution in [0.4, 0.5) is 8.78 Å². The van der Waals surface area contributed by atoms with Gasteiger partial charge in [0.15, 0.2) is 0 Å². The fourth-order valence-electron chi connectivity index (χ4n) is 0.761. The van der Waals surface area contributed by atoms with Gasteiger partial charge in [-0.15, -0.1) is 0 Å². The first-order valence-corrected chi connectivity index (χ1v) is 3.27. The summed E-state index contributed by atoms with van der Waals surface area (Å²) in [7, 11) is 0. The Hall–Kier alpha value is -0.870. The van der Waals surface area contributed by atoms with Crippen LogP contribution in [0, 0.1) is 5.41 Å². The van der Waals surface area contributed by atoms with Crippen LogP contribution >= 0.6 is 0 Å². The van der Waals surface area contributed by atoms with Gasteiger partial charge in [0.05, 0.1) is 12.0 Å². The third-order valence-corrected chi connectivity index (χ3v) is 1.66. The Balaban J connectivity index is 2.61. The molecule has 3 nitrogen and oxygen atoms in total. The largest absolute Gasteiger partial charge is 0.465 e. The molecule has 1 rings (SSSR count). The Bertz CT molecular complexity index is 168. The van der Waals surface area contributed by atoms with Crippen molar-refractivity contribution in [1.29, 1.82) is 0 Å². The number of nitrogens with two attached hydrogens (primary N) is 1. The SMILES string of the molecule is NC1=NCC(CF)(CF)CO1. The number of ether oxygens (including phenoxy) is 1. The van der Waals surface area contributed by atoms with Crippen molar-refractivity contribution in [2.45, 2.75) is 0 Å². The minimum Gasteiger partial charge on any atom is -0.465 e. The molecule has 0 bridgehead atoms. The second-order valence-electron chi connectivity index (χ2n) is 2.71. The van der Waals surface area contributed by atoms with Gasteiger partial charge in [-0.05, 0) is 0 Å². The number of rotatable bonds is 2. The summed E-state index contributed by atoms with van der Waals surface area (Å²) >= 11 is 0. The quantitative estimate of drug-likeness (QED) is 0.636. The summed E-state index contributed by atoms with van der Waals surface area (Å²) in [6.45, 7) is -1.47. The molecule has 0 radical (unpaired) electrons. The van der Waals surface area contributed by atoms with Crippen molar-refractivity contribution < 1.29 is 13.5 Å². The first-order chi connectivity index (χ1) is 5.22. The zero-order chi connectivity index (χ0) is 8.32. The summed E-state index contributed by atoms with van der Waals surface area (Å²) < 4.78 is 29.2. The minimum atomic E-state index is -1.08. The lowest BCUT2D eigenvalue weighted by Gasteiger charge is -2.28. The monoisotopic (exact) mass is 164 g/mol. The molecule has 0 atom stereocenters. The van der Waals surface area contributed by atoms with Gasteiger partial charge in [-0.2, -0.15) is 0 Å².